The Balaban J connectivity index is 5.03. The highest BCUT2D eigenvalue weighted by Crippen LogP contribution is 2.28. The third-order valence-corrected chi connectivity index (χ3v) is 9.75. The molecule has 0 fully saturated rings. The molecule has 0 spiro atoms. The topological polar surface area (TPSA) is 34.1 Å². The van der Waals surface area contributed by atoms with Crippen LogP contribution in [0.2, 0.25) is 0 Å². The molecule has 0 aromatic rings. The summed E-state index contributed by atoms with van der Waals surface area (Å²) in [7, 11) is -3.02. The molecule has 31 heavy (non-hydrogen) atoms. The molecule has 0 aliphatic rings. The molecule has 0 heterocycles. The average Bonchev–Trinajstić information content (AvgIpc) is 2.76. The Kier molecular flexibility index (Phi) is 21.7. The third-order valence-electron chi connectivity index (χ3n) is 6.95. The lowest BCUT2D eigenvalue weighted by Gasteiger charge is -2.25. The van der Waals surface area contributed by atoms with E-state index in [-0.39, 0.29) is 10.5 Å². The molecule has 0 aromatic carbocycles. The second-order valence-electron chi connectivity index (χ2n) is 9.94. The van der Waals surface area contributed by atoms with Gasteiger partial charge in [0.1, 0.15) is 0 Å². The summed E-state index contributed by atoms with van der Waals surface area (Å²) in [6, 6.07) is 0. The van der Waals surface area contributed by atoms with Crippen LogP contribution in [0.25, 0.3) is 0 Å². The van der Waals surface area contributed by atoms with Crippen molar-refractivity contribution in [2.24, 2.45) is 0 Å². The summed E-state index contributed by atoms with van der Waals surface area (Å²) >= 11 is 0. The first kappa shape index (κ1) is 30.9. The van der Waals surface area contributed by atoms with E-state index in [0.29, 0.717) is 0 Å². The summed E-state index contributed by atoms with van der Waals surface area (Å²) in [5, 5.41) is -0.171. The Labute approximate surface area is 197 Å². The van der Waals surface area contributed by atoms with E-state index in [1.807, 2.05) is 0 Å². The van der Waals surface area contributed by atoms with Crippen molar-refractivity contribution in [2.75, 3.05) is 0 Å². The van der Waals surface area contributed by atoms with E-state index in [0.717, 1.165) is 51.4 Å². The standard InChI is InChI=1S/C28H58O2S/c1-5-9-13-17-21-25-27(23-19-15-11-7-3)31(29,30)28(24-20-16-12-8-4)26-22-18-14-10-6-2/h27-28H,5-26H2,1-4H3. The second kappa shape index (κ2) is 21.8. The molecule has 0 bridgehead atoms. The van der Waals surface area contributed by atoms with Crippen LogP contribution in [0.3, 0.4) is 0 Å². The highest BCUT2D eigenvalue weighted by Gasteiger charge is 2.32. The number of sulfone groups is 1. The lowest BCUT2D eigenvalue weighted by atomic mass is 10.0. The van der Waals surface area contributed by atoms with Gasteiger partial charge in [-0.1, -0.05) is 143 Å². The van der Waals surface area contributed by atoms with Crippen LogP contribution in [0.4, 0.5) is 0 Å². The Morgan fingerprint density at radius 3 is 0.871 bits per heavy atom. The molecule has 0 amide bonds. The maximum atomic E-state index is 13.8. The lowest BCUT2D eigenvalue weighted by molar-refractivity contribution is 0.487. The lowest BCUT2D eigenvalue weighted by Crippen LogP contribution is -2.32. The van der Waals surface area contributed by atoms with Gasteiger partial charge in [0.05, 0.1) is 10.5 Å². The first-order valence-electron chi connectivity index (χ1n) is 14.3. The van der Waals surface area contributed by atoms with Gasteiger partial charge in [0.2, 0.25) is 0 Å². The van der Waals surface area contributed by atoms with Crippen molar-refractivity contribution in [1.82, 2.24) is 0 Å². The van der Waals surface area contributed by atoms with Crippen LogP contribution in [-0.2, 0) is 9.84 Å². The first-order valence-corrected chi connectivity index (χ1v) is 15.9. The Hall–Kier alpha value is -0.0500. The average molecular weight is 459 g/mol. The summed E-state index contributed by atoms with van der Waals surface area (Å²) in [6.07, 6.45) is 25.2. The molecule has 3 heteroatoms. The predicted molar refractivity (Wildman–Crippen MR) is 141 cm³/mol. The fraction of sp³-hybridized carbons (Fsp3) is 1.00. The van der Waals surface area contributed by atoms with Crippen molar-refractivity contribution >= 4 is 9.84 Å². The zero-order valence-corrected chi connectivity index (χ0v) is 22.8. The Morgan fingerprint density at radius 1 is 0.387 bits per heavy atom. The number of hydrogen-bond acceptors (Lipinski definition) is 2. The SMILES string of the molecule is CCCCCCCC(CCCCCC)S(=O)(=O)C(CCCCCC)CCCCCCC. The van der Waals surface area contributed by atoms with Gasteiger partial charge >= 0.3 is 0 Å². The van der Waals surface area contributed by atoms with E-state index in [2.05, 4.69) is 27.7 Å². The van der Waals surface area contributed by atoms with Crippen molar-refractivity contribution in [3.05, 3.63) is 0 Å². The van der Waals surface area contributed by atoms with E-state index in [9.17, 15) is 8.42 Å². The van der Waals surface area contributed by atoms with Crippen LogP contribution in [0, 0.1) is 0 Å². The molecule has 2 atom stereocenters. The molecule has 0 radical (unpaired) electrons. The number of hydrogen-bond donors (Lipinski definition) is 0. The fourth-order valence-electron chi connectivity index (χ4n) is 4.77. The summed E-state index contributed by atoms with van der Waals surface area (Å²) in [5.74, 6) is 0. The largest absolute Gasteiger partial charge is 0.228 e. The predicted octanol–water partition coefficient (Wildman–Crippen LogP) is 9.80. The molecular formula is C28H58O2S. The molecule has 0 saturated heterocycles. The third kappa shape index (κ3) is 16.2. The zero-order valence-electron chi connectivity index (χ0n) is 21.9. The molecule has 0 aliphatic carbocycles. The van der Waals surface area contributed by atoms with Gasteiger partial charge in [-0.15, -0.1) is 0 Å². The molecular weight excluding hydrogens is 400 g/mol. The van der Waals surface area contributed by atoms with Crippen molar-refractivity contribution in [2.45, 2.75) is 179 Å². The molecule has 0 aliphatic heterocycles. The van der Waals surface area contributed by atoms with Gasteiger partial charge < -0.3 is 0 Å². The Morgan fingerprint density at radius 2 is 0.613 bits per heavy atom. The van der Waals surface area contributed by atoms with E-state index in [4.69, 9.17) is 0 Å². The quantitative estimate of drug-likeness (QED) is 0.135. The zero-order chi connectivity index (χ0) is 23.2. The summed E-state index contributed by atoms with van der Waals surface area (Å²) in [5.41, 5.74) is 0. The molecule has 2 unspecified atom stereocenters. The van der Waals surface area contributed by atoms with Gasteiger partial charge in [0, 0.05) is 0 Å². The molecule has 0 saturated carbocycles. The van der Waals surface area contributed by atoms with Crippen LogP contribution in [0.15, 0.2) is 0 Å². The molecule has 0 N–H and O–H groups in total. The van der Waals surface area contributed by atoms with Crippen LogP contribution < -0.4 is 0 Å². The highest BCUT2D eigenvalue weighted by molar-refractivity contribution is 7.92. The summed E-state index contributed by atoms with van der Waals surface area (Å²) in [6.45, 7) is 8.94. The molecule has 2 nitrogen and oxygen atoms in total. The molecule has 0 aromatic heterocycles. The van der Waals surface area contributed by atoms with E-state index in [1.54, 1.807) is 0 Å². The van der Waals surface area contributed by atoms with Crippen LogP contribution in [-0.4, -0.2) is 18.9 Å². The van der Waals surface area contributed by atoms with Crippen LogP contribution in [0.5, 0.6) is 0 Å². The van der Waals surface area contributed by atoms with Crippen molar-refractivity contribution in [1.29, 1.82) is 0 Å². The second-order valence-corrected chi connectivity index (χ2v) is 12.4. The smallest absolute Gasteiger partial charge is 0.156 e. The molecule has 188 valence electrons. The molecule has 0 rings (SSSR count). The normalized spacial score (nSPS) is 14.1. The minimum Gasteiger partial charge on any atom is -0.228 e. The maximum absolute atomic E-state index is 13.8. The van der Waals surface area contributed by atoms with Crippen LogP contribution >= 0.6 is 0 Å². The van der Waals surface area contributed by atoms with Gasteiger partial charge in [-0.3, -0.25) is 0 Å². The number of rotatable bonds is 24. The van der Waals surface area contributed by atoms with E-state index in [1.165, 1.54) is 89.9 Å². The fourth-order valence-corrected chi connectivity index (χ4v) is 7.29. The summed E-state index contributed by atoms with van der Waals surface area (Å²) in [4.78, 5) is 0. The highest BCUT2D eigenvalue weighted by atomic mass is 32.2. The first-order chi connectivity index (χ1) is 15.0. The van der Waals surface area contributed by atoms with E-state index >= 15 is 0 Å². The van der Waals surface area contributed by atoms with Crippen molar-refractivity contribution in [3.8, 4) is 0 Å². The Bertz CT molecular complexity index is 422. The summed E-state index contributed by atoms with van der Waals surface area (Å²) < 4.78 is 27.6. The van der Waals surface area contributed by atoms with Crippen LogP contribution in [0.1, 0.15) is 169 Å². The van der Waals surface area contributed by atoms with Gasteiger partial charge in [0.15, 0.2) is 9.84 Å². The van der Waals surface area contributed by atoms with Gasteiger partial charge in [0.25, 0.3) is 0 Å². The van der Waals surface area contributed by atoms with Gasteiger partial charge in [-0.2, -0.15) is 0 Å². The maximum Gasteiger partial charge on any atom is 0.156 e. The van der Waals surface area contributed by atoms with Crippen molar-refractivity contribution < 1.29 is 8.42 Å². The number of unbranched alkanes of at least 4 members (excludes halogenated alkanes) is 14. The van der Waals surface area contributed by atoms with E-state index < -0.39 is 9.84 Å². The monoisotopic (exact) mass is 458 g/mol. The minimum atomic E-state index is -3.02. The van der Waals surface area contributed by atoms with Gasteiger partial charge in [-0.25, -0.2) is 8.42 Å². The minimum absolute atomic E-state index is 0.0854. The van der Waals surface area contributed by atoms with Crippen molar-refractivity contribution in [3.63, 3.8) is 0 Å². The van der Waals surface area contributed by atoms with Gasteiger partial charge in [-0.05, 0) is 25.7 Å².